The summed E-state index contributed by atoms with van der Waals surface area (Å²) in [6.07, 6.45) is 1.75. The molecule has 1 amide bonds. The second-order valence-corrected chi connectivity index (χ2v) is 9.21. The Morgan fingerprint density at radius 2 is 1.91 bits per heavy atom. The third kappa shape index (κ3) is 3.85. The number of aryl methyl sites for hydroxylation is 1. The van der Waals surface area contributed by atoms with E-state index in [1.54, 1.807) is 17.4 Å². The maximum Gasteiger partial charge on any atom is 0.250 e. The molecule has 1 aliphatic rings. The number of carbonyl (C=O) groups excluding carboxylic acids is 1. The van der Waals surface area contributed by atoms with Gasteiger partial charge in [-0.3, -0.25) is 4.79 Å². The van der Waals surface area contributed by atoms with Gasteiger partial charge >= 0.3 is 0 Å². The van der Waals surface area contributed by atoms with Gasteiger partial charge in [-0.05, 0) is 31.5 Å². The highest BCUT2D eigenvalue weighted by Gasteiger charge is 2.22. The molecular weight excluding hydrogens is 418 g/mol. The molecule has 7 heteroatoms. The molecule has 1 aliphatic heterocycles. The molecule has 0 saturated heterocycles. The predicted molar refractivity (Wildman–Crippen MR) is 130 cm³/mol. The van der Waals surface area contributed by atoms with Gasteiger partial charge in [-0.2, -0.15) is 0 Å². The Balaban J connectivity index is 1.63. The molecule has 0 fully saturated rings. The first kappa shape index (κ1) is 20.6. The largest absolute Gasteiger partial charge is 0.366 e. The average Bonchev–Trinajstić information content (AvgIpc) is 2.96. The van der Waals surface area contributed by atoms with Crippen molar-refractivity contribution in [2.45, 2.75) is 26.3 Å². The van der Waals surface area contributed by atoms with Crippen LogP contribution in [0.2, 0.25) is 0 Å². The fraction of sp³-hybridized carbons (Fsp3) is 0.240. The van der Waals surface area contributed by atoms with Gasteiger partial charge in [0.25, 0.3) is 0 Å². The molecule has 0 atom stereocenters. The van der Waals surface area contributed by atoms with Crippen LogP contribution >= 0.6 is 11.3 Å². The minimum Gasteiger partial charge on any atom is -0.366 e. The Labute approximate surface area is 190 Å². The maximum atomic E-state index is 12.0. The van der Waals surface area contributed by atoms with Crippen molar-refractivity contribution in [1.82, 2.24) is 15.3 Å². The van der Waals surface area contributed by atoms with E-state index in [4.69, 9.17) is 15.7 Å². The summed E-state index contributed by atoms with van der Waals surface area (Å²) in [6, 6.07) is 16.0. The Morgan fingerprint density at radius 1 is 1.09 bits per heavy atom. The van der Waals surface area contributed by atoms with Crippen LogP contribution in [0.15, 0.2) is 48.5 Å². The lowest BCUT2D eigenvalue weighted by Crippen LogP contribution is -2.16. The number of carbonyl (C=O) groups is 1. The number of fused-ring (bicyclic) bond motifs is 2. The standard InChI is InChI=1S/C25H25N5OS/c1-15-21(18-8-5-9-19(23(26)31)22(18)32-15)25-29-20-11-13-27-12-10-17(20)24(30-25)28-14-16-6-3-2-4-7-16/h2-9,27H,10-14H2,1H3,(H2,26,31)(H,28,29,30). The van der Waals surface area contributed by atoms with Crippen molar-refractivity contribution >= 4 is 33.1 Å². The molecule has 6 nitrogen and oxygen atoms in total. The average molecular weight is 444 g/mol. The summed E-state index contributed by atoms with van der Waals surface area (Å²) in [4.78, 5) is 23.1. The number of nitrogens with one attached hydrogen (secondary N) is 2. The van der Waals surface area contributed by atoms with Gasteiger partial charge in [-0.25, -0.2) is 9.97 Å². The van der Waals surface area contributed by atoms with Gasteiger partial charge in [0.05, 0.1) is 11.3 Å². The summed E-state index contributed by atoms with van der Waals surface area (Å²) in [6.45, 7) is 4.57. The van der Waals surface area contributed by atoms with Crippen LogP contribution in [0.5, 0.6) is 0 Å². The lowest BCUT2D eigenvalue weighted by molar-refractivity contribution is 0.100. The van der Waals surface area contributed by atoms with Gasteiger partial charge in [0.1, 0.15) is 5.82 Å². The highest BCUT2D eigenvalue weighted by Crippen LogP contribution is 2.39. The van der Waals surface area contributed by atoms with Gasteiger partial charge in [0, 0.05) is 45.6 Å². The van der Waals surface area contributed by atoms with Gasteiger partial charge < -0.3 is 16.4 Å². The lowest BCUT2D eigenvalue weighted by atomic mass is 10.1. The highest BCUT2D eigenvalue weighted by atomic mass is 32.1. The zero-order chi connectivity index (χ0) is 22.1. The number of nitrogens with zero attached hydrogens (tertiary/aromatic N) is 2. The number of benzene rings is 2. The number of nitrogens with two attached hydrogens (primary N) is 1. The smallest absolute Gasteiger partial charge is 0.250 e. The van der Waals surface area contributed by atoms with Crippen LogP contribution in [-0.2, 0) is 19.4 Å². The van der Waals surface area contributed by atoms with Crippen LogP contribution < -0.4 is 16.4 Å². The Hall–Kier alpha value is -3.29. The van der Waals surface area contributed by atoms with Crippen molar-refractivity contribution in [3.05, 3.63) is 75.8 Å². The van der Waals surface area contributed by atoms with Crippen molar-refractivity contribution in [2.24, 2.45) is 5.73 Å². The third-order valence-corrected chi connectivity index (χ3v) is 7.02. The van der Waals surface area contributed by atoms with E-state index in [0.717, 1.165) is 58.0 Å². The fourth-order valence-corrected chi connectivity index (χ4v) is 5.46. The third-order valence-electron chi connectivity index (χ3n) is 5.87. The van der Waals surface area contributed by atoms with Gasteiger partial charge in [-0.15, -0.1) is 11.3 Å². The van der Waals surface area contributed by atoms with Crippen molar-refractivity contribution < 1.29 is 4.79 Å². The molecule has 0 aliphatic carbocycles. The van der Waals surface area contributed by atoms with Crippen LogP contribution in [-0.4, -0.2) is 29.0 Å². The molecule has 4 N–H and O–H groups in total. The van der Waals surface area contributed by atoms with Crippen molar-refractivity contribution in [1.29, 1.82) is 0 Å². The van der Waals surface area contributed by atoms with E-state index in [1.807, 2.05) is 30.3 Å². The minimum atomic E-state index is -0.414. The Kier molecular flexibility index (Phi) is 5.59. The summed E-state index contributed by atoms with van der Waals surface area (Å²) in [7, 11) is 0. The predicted octanol–water partition coefficient (Wildman–Crippen LogP) is 4.07. The molecule has 0 unspecified atom stereocenters. The molecule has 2 aromatic heterocycles. The van der Waals surface area contributed by atoms with E-state index < -0.39 is 5.91 Å². The molecule has 5 rings (SSSR count). The minimum absolute atomic E-state index is 0.414. The summed E-state index contributed by atoms with van der Waals surface area (Å²) in [5.41, 5.74) is 10.6. The van der Waals surface area contributed by atoms with Crippen LogP contribution in [0.4, 0.5) is 5.82 Å². The molecule has 0 saturated carbocycles. The van der Waals surface area contributed by atoms with Gasteiger partial charge in [0.2, 0.25) is 5.91 Å². The fourth-order valence-electron chi connectivity index (χ4n) is 4.29. The Bertz CT molecular complexity index is 1300. The number of hydrogen-bond acceptors (Lipinski definition) is 6. The number of rotatable bonds is 5. The number of thiophene rings is 1. The molecule has 162 valence electrons. The first-order chi connectivity index (χ1) is 15.6. The highest BCUT2D eigenvalue weighted by molar-refractivity contribution is 7.20. The summed E-state index contributed by atoms with van der Waals surface area (Å²) in [5.74, 6) is 1.18. The van der Waals surface area contributed by atoms with E-state index in [-0.39, 0.29) is 0 Å². The zero-order valence-corrected chi connectivity index (χ0v) is 18.8. The normalized spacial score (nSPS) is 13.5. The maximum absolute atomic E-state index is 12.0. The summed E-state index contributed by atoms with van der Waals surface area (Å²) in [5, 5.41) is 8.01. The number of primary amides is 1. The van der Waals surface area contributed by atoms with E-state index >= 15 is 0 Å². The van der Waals surface area contributed by atoms with E-state index in [0.29, 0.717) is 17.9 Å². The first-order valence-corrected chi connectivity index (χ1v) is 11.6. The molecule has 32 heavy (non-hydrogen) atoms. The molecule has 3 heterocycles. The molecule has 0 bridgehead atoms. The van der Waals surface area contributed by atoms with Gasteiger partial charge in [0.15, 0.2) is 5.82 Å². The lowest BCUT2D eigenvalue weighted by Gasteiger charge is -2.15. The molecule has 4 aromatic rings. The van der Waals surface area contributed by atoms with Gasteiger partial charge in [-0.1, -0.05) is 42.5 Å². The van der Waals surface area contributed by atoms with Crippen LogP contribution in [0.1, 0.15) is 32.1 Å². The first-order valence-electron chi connectivity index (χ1n) is 10.8. The molecule has 0 radical (unpaired) electrons. The summed E-state index contributed by atoms with van der Waals surface area (Å²) < 4.78 is 0.895. The number of anilines is 1. The topological polar surface area (TPSA) is 92.9 Å². The quantitative estimate of drug-likeness (QED) is 0.432. The van der Waals surface area contributed by atoms with Crippen molar-refractivity contribution in [2.75, 3.05) is 18.4 Å². The molecule has 2 aromatic carbocycles. The number of amides is 1. The monoisotopic (exact) mass is 443 g/mol. The Morgan fingerprint density at radius 3 is 2.72 bits per heavy atom. The van der Waals surface area contributed by atoms with E-state index in [2.05, 4.69) is 29.7 Å². The second kappa shape index (κ2) is 8.68. The van der Waals surface area contributed by atoms with Crippen LogP contribution in [0.3, 0.4) is 0 Å². The summed E-state index contributed by atoms with van der Waals surface area (Å²) >= 11 is 1.57. The van der Waals surface area contributed by atoms with Crippen LogP contribution in [0.25, 0.3) is 21.5 Å². The molecular formula is C25H25N5OS. The zero-order valence-electron chi connectivity index (χ0n) is 17.9. The SMILES string of the molecule is Cc1sc2c(C(N)=O)cccc2c1-c1nc2c(c(NCc3ccccc3)n1)CCNCC2. The van der Waals surface area contributed by atoms with Crippen molar-refractivity contribution in [3.8, 4) is 11.4 Å². The number of aromatic nitrogens is 2. The number of hydrogen-bond donors (Lipinski definition) is 3. The van der Waals surface area contributed by atoms with Crippen molar-refractivity contribution in [3.63, 3.8) is 0 Å². The van der Waals surface area contributed by atoms with E-state index in [9.17, 15) is 4.79 Å². The van der Waals surface area contributed by atoms with Crippen LogP contribution in [0, 0.1) is 6.92 Å². The van der Waals surface area contributed by atoms with E-state index in [1.165, 1.54) is 11.1 Å². The molecule has 0 spiro atoms. The second-order valence-electron chi connectivity index (χ2n) is 7.99.